The van der Waals surface area contributed by atoms with Crippen LogP contribution in [0.3, 0.4) is 0 Å². The highest BCUT2D eigenvalue weighted by Crippen LogP contribution is 2.22. The zero-order valence-electron chi connectivity index (χ0n) is 20.0. The second-order valence-electron chi connectivity index (χ2n) is 8.43. The summed E-state index contributed by atoms with van der Waals surface area (Å²) in [5.41, 5.74) is 2.38. The van der Waals surface area contributed by atoms with Crippen molar-refractivity contribution < 1.29 is 17.6 Å². The van der Waals surface area contributed by atoms with E-state index in [-0.39, 0.29) is 23.8 Å². The molecule has 1 N–H and O–H groups in total. The lowest BCUT2D eigenvalue weighted by Crippen LogP contribution is -2.23. The molecule has 35 heavy (non-hydrogen) atoms. The molecule has 0 saturated carbocycles. The van der Waals surface area contributed by atoms with Crippen LogP contribution in [0, 0.1) is 12.7 Å². The van der Waals surface area contributed by atoms with Crippen molar-refractivity contribution >= 4 is 27.0 Å². The molecule has 0 atom stereocenters. The molecule has 4 rings (SSSR count). The first kappa shape index (κ1) is 24.6. The molecule has 9 nitrogen and oxygen atoms in total. The van der Waals surface area contributed by atoms with Gasteiger partial charge in [0, 0.05) is 52.9 Å². The first-order valence-corrected chi connectivity index (χ1v) is 12.5. The van der Waals surface area contributed by atoms with Gasteiger partial charge in [-0.2, -0.15) is 0 Å². The number of sulfonamides is 1. The smallest absolute Gasteiger partial charge is 0.242 e. The number of carbonyl (C=O) groups is 1. The Bertz CT molecular complexity index is 1510. The molecule has 2 aromatic carbocycles. The van der Waals surface area contributed by atoms with Gasteiger partial charge in [0.05, 0.1) is 21.6 Å². The van der Waals surface area contributed by atoms with E-state index in [0.29, 0.717) is 34.8 Å². The van der Waals surface area contributed by atoms with E-state index in [1.807, 2.05) is 11.6 Å². The third-order valence-corrected chi connectivity index (χ3v) is 7.70. The Balaban J connectivity index is 1.39. The topological polar surface area (TPSA) is 102 Å². The number of nitrogens with one attached hydrogen (secondary N) is 1. The molecule has 0 fully saturated rings. The first-order chi connectivity index (χ1) is 16.6. The van der Waals surface area contributed by atoms with Crippen LogP contribution in [0.2, 0.25) is 0 Å². The van der Waals surface area contributed by atoms with Crippen LogP contribution >= 0.6 is 0 Å². The Kier molecular flexibility index (Phi) is 6.73. The summed E-state index contributed by atoms with van der Waals surface area (Å²) in [6.07, 6.45) is 3.87. The summed E-state index contributed by atoms with van der Waals surface area (Å²) in [5, 5.41) is 2.81. The molecule has 0 saturated heterocycles. The molecule has 2 heterocycles. The normalized spacial score (nSPS) is 11.9. The van der Waals surface area contributed by atoms with Crippen LogP contribution < -0.4 is 5.32 Å². The van der Waals surface area contributed by atoms with Crippen LogP contribution in [0.25, 0.3) is 16.7 Å². The highest BCUT2D eigenvalue weighted by atomic mass is 32.2. The molecule has 0 aliphatic rings. The monoisotopic (exact) mass is 498 g/mol. The summed E-state index contributed by atoms with van der Waals surface area (Å²) in [5.74, 6) is 0.763. The van der Waals surface area contributed by atoms with E-state index < -0.39 is 15.8 Å². The maximum atomic E-state index is 14.6. The molecule has 0 unspecified atom stereocenters. The predicted molar refractivity (Wildman–Crippen MR) is 130 cm³/mol. The van der Waals surface area contributed by atoms with E-state index in [9.17, 15) is 17.6 Å². The van der Waals surface area contributed by atoms with Gasteiger partial charge < -0.3 is 14.5 Å². The second-order valence-corrected chi connectivity index (χ2v) is 10.6. The fourth-order valence-electron chi connectivity index (χ4n) is 3.83. The molecule has 0 spiro atoms. The number of nitrogens with zero attached hydrogens (tertiary/aromatic N) is 5. The molecular formula is C24H27FN6O3S. The van der Waals surface area contributed by atoms with Crippen molar-refractivity contribution in [1.29, 1.82) is 0 Å². The van der Waals surface area contributed by atoms with Crippen molar-refractivity contribution in [2.75, 3.05) is 14.1 Å². The maximum Gasteiger partial charge on any atom is 0.242 e. The molecule has 0 aliphatic heterocycles. The fourth-order valence-corrected chi connectivity index (χ4v) is 4.75. The molecule has 2 aromatic heterocycles. The zero-order valence-corrected chi connectivity index (χ0v) is 20.8. The zero-order chi connectivity index (χ0) is 25.3. The highest BCUT2D eigenvalue weighted by Gasteiger charge is 2.19. The van der Waals surface area contributed by atoms with Gasteiger partial charge in [-0.25, -0.2) is 27.1 Å². The molecule has 0 aliphatic carbocycles. The van der Waals surface area contributed by atoms with Gasteiger partial charge >= 0.3 is 0 Å². The summed E-state index contributed by atoms with van der Waals surface area (Å²) in [6, 6.07) is 9.64. The Morgan fingerprint density at radius 3 is 2.60 bits per heavy atom. The second kappa shape index (κ2) is 9.59. The quantitative estimate of drug-likeness (QED) is 0.403. The van der Waals surface area contributed by atoms with Gasteiger partial charge in [-0.05, 0) is 42.8 Å². The Hall–Kier alpha value is -3.57. The lowest BCUT2D eigenvalue weighted by Gasteiger charge is -2.11. The summed E-state index contributed by atoms with van der Waals surface area (Å²) >= 11 is 0. The molecule has 0 bridgehead atoms. The van der Waals surface area contributed by atoms with E-state index in [4.69, 9.17) is 0 Å². The van der Waals surface area contributed by atoms with Gasteiger partial charge in [0.1, 0.15) is 17.5 Å². The lowest BCUT2D eigenvalue weighted by molar-refractivity contribution is -0.121. The predicted octanol–water partition coefficient (Wildman–Crippen LogP) is 2.71. The van der Waals surface area contributed by atoms with E-state index in [0.717, 1.165) is 9.82 Å². The SMILES string of the molecule is Cc1nccn1-c1ccc(CNC(=O)CCc2nc3cc(S(=O)(=O)N(C)C)ccc3n2C)cc1F. The minimum absolute atomic E-state index is 0.166. The van der Waals surface area contributed by atoms with Gasteiger partial charge in [-0.1, -0.05) is 6.07 Å². The molecule has 4 aromatic rings. The van der Waals surface area contributed by atoms with E-state index >= 15 is 0 Å². The van der Waals surface area contributed by atoms with Crippen LogP contribution in [0.4, 0.5) is 4.39 Å². The number of amides is 1. The lowest BCUT2D eigenvalue weighted by atomic mass is 10.2. The minimum Gasteiger partial charge on any atom is -0.352 e. The van der Waals surface area contributed by atoms with Crippen LogP contribution in [0.1, 0.15) is 23.6 Å². The van der Waals surface area contributed by atoms with Crippen LogP contribution in [-0.2, 0) is 34.8 Å². The number of imidazole rings is 2. The third-order valence-electron chi connectivity index (χ3n) is 5.89. The summed E-state index contributed by atoms with van der Waals surface area (Å²) in [4.78, 5) is 21.2. The van der Waals surface area contributed by atoms with Crippen molar-refractivity contribution in [3.8, 4) is 5.69 Å². The van der Waals surface area contributed by atoms with E-state index in [1.165, 1.54) is 26.2 Å². The average molecular weight is 499 g/mol. The molecule has 1 amide bonds. The number of rotatable bonds is 8. The summed E-state index contributed by atoms with van der Waals surface area (Å²) < 4.78 is 44.0. The number of aryl methyl sites for hydroxylation is 3. The van der Waals surface area contributed by atoms with Crippen LogP contribution in [-0.4, -0.2) is 51.8 Å². The van der Waals surface area contributed by atoms with Crippen molar-refractivity contribution in [3.63, 3.8) is 0 Å². The van der Waals surface area contributed by atoms with Crippen molar-refractivity contribution in [3.05, 3.63) is 71.8 Å². The standard InChI is InChI=1S/C24H27FN6O3S/c1-16-26-11-12-31(16)21-7-5-17(13-19(21)25)15-27-24(32)10-9-23-28-20-14-18(35(33,34)29(2)3)6-8-22(20)30(23)4/h5-8,11-14H,9-10,15H2,1-4H3,(H,27,32). The summed E-state index contributed by atoms with van der Waals surface area (Å²) in [6.45, 7) is 2.00. The first-order valence-electron chi connectivity index (χ1n) is 11.0. The number of halogens is 1. The van der Waals surface area contributed by atoms with Crippen LogP contribution in [0.5, 0.6) is 0 Å². The van der Waals surface area contributed by atoms with Crippen molar-refractivity contribution in [1.82, 2.24) is 28.7 Å². The number of benzene rings is 2. The summed E-state index contributed by atoms with van der Waals surface area (Å²) in [7, 11) is 1.22. The Labute approximate surface area is 203 Å². The average Bonchev–Trinajstić information content (AvgIpc) is 3.38. The number of carbonyl (C=O) groups excluding carboxylic acids is 1. The van der Waals surface area contributed by atoms with Crippen molar-refractivity contribution in [2.45, 2.75) is 31.2 Å². The number of fused-ring (bicyclic) bond motifs is 1. The number of aromatic nitrogens is 4. The van der Waals surface area contributed by atoms with E-state index in [2.05, 4.69) is 15.3 Å². The minimum atomic E-state index is -3.56. The Morgan fingerprint density at radius 1 is 1.17 bits per heavy atom. The molecule has 184 valence electrons. The number of hydrogen-bond acceptors (Lipinski definition) is 5. The van der Waals surface area contributed by atoms with Gasteiger partial charge in [0.2, 0.25) is 15.9 Å². The van der Waals surface area contributed by atoms with E-state index in [1.54, 1.807) is 48.1 Å². The van der Waals surface area contributed by atoms with Crippen LogP contribution in [0.15, 0.2) is 53.7 Å². The molecule has 0 radical (unpaired) electrons. The number of hydrogen-bond donors (Lipinski definition) is 1. The molecule has 11 heteroatoms. The largest absolute Gasteiger partial charge is 0.352 e. The fraction of sp³-hybridized carbons (Fsp3) is 0.292. The van der Waals surface area contributed by atoms with Gasteiger partial charge in [-0.15, -0.1) is 0 Å². The Morgan fingerprint density at radius 2 is 1.94 bits per heavy atom. The van der Waals surface area contributed by atoms with Gasteiger partial charge in [0.15, 0.2) is 0 Å². The maximum absolute atomic E-state index is 14.6. The molecular weight excluding hydrogens is 471 g/mol. The highest BCUT2D eigenvalue weighted by molar-refractivity contribution is 7.89. The third kappa shape index (κ3) is 4.96. The van der Waals surface area contributed by atoms with Crippen molar-refractivity contribution in [2.24, 2.45) is 7.05 Å². The van der Waals surface area contributed by atoms with Gasteiger partial charge in [-0.3, -0.25) is 4.79 Å². The van der Waals surface area contributed by atoms with Gasteiger partial charge in [0.25, 0.3) is 0 Å².